The highest BCUT2D eigenvalue weighted by molar-refractivity contribution is 6.32. The molecule has 19 heavy (non-hydrogen) atoms. The minimum Gasteiger partial charge on any atom is -0.505 e. The number of phenols is 1. The smallest absolute Gasteiger partial charge is 0.165 e. The first-order valence-electron chi connectivity index (χ1n) is 5.65. The van der Waals surface area contributed by atoms with Gasteiger partial charge in [0.15, 0.2) is 11.6 Å². The molecule has 0 spiro atoms. The first-order chi connectivity index (χ1) is 9.11. The Balaban J connectivity index is 2.12. The maximum atomic E-state index is 13.2. The fourth-order valence-corrected chi connectivity index (χ4v) is 1.86. The Morgan fingerprint density at radius 1 is 1.32 bits per heavy atom. The second kappa shape index (κ2) is 5.80. The zero-order valence-corrected chi connectivity index (χ0v) is 11.0. The van der Waals surface area contributed by atoms with Gasteiger partial charge in [-0.2, -0.15) is 0 Å². The summed E-state index contributed by atoms with van der Waals surface area (Å²) in [5, 5.41) is 13.1. The van der Waals surface area contributed by atoms with Gasteiger partial charge in [-0.05, 0) is 18.2 Å². The third-order valence-electron chi connectivity index (χ3n) is 2.70. The average molecular weight is 282 g/mol. The van der Waals surface area contributed by atoms with E-state index in [0.29, 0.717) is 22.9 Å². The molecule has 2 N–H and O–H groups in total. The van der Waals surface area contributed by atoms with E-state index in [4.69, 9.17) is 16.3 Å². The first kappa shape index (κ1) is 13.5. The second-order valence-corrected chi connectivity index (χ2v) is 4.36. The van der Waals surface area contributed by atoms with Crippen molar-refractivity contribution in [2.24, 2.45) is 0 Å². The Bertz CT molecular complexity index is 590. The molecule has 0 aliphatic carbocycles. The van der Waals surface area contributed by atoms with Crippen molar-refractivity contribution in [2.45, 2.75) is 6.54 Å². The molecule has 0 atom stereocenters. The van der Waals surface area contributed by atoms with Crippen LogP contribution in [-0.4, -0.2) is 12.2 Å². The Morgan fingerprint density at radius 3 is 2.84 bits per heavy atom. The van der Waals surface area contributed by atoms with Crippen molar-refractivity contribution >= 4 is 17.3 Å². The van der Waals surface area contributed by atoms with Crippen molar-refractivity contribution in [2.75, 3.05) is 12.4 Å². The van der Waals surface area contributed by atoms with Gasteiger partial charge < -0.3 is 15.2 Å². The van der Waals surface area contributed by atoms with E-state index in [2.05, 4.69) is 5.32 Å². The fraction of sp³-hybridized carbons (Fsp3) is 0.143. The van der Waals surface area contributed by atoms with E-state index < -0.39 is 5.82 Å². The summed E-state index contributed by atoms with van der Waals surface area (Å²) < 4.78 is 18.3. The van der Waals surface area contributed by atoms with Crippen molar-refractivity contribution in [1.29, 1.82) is 0 Å². The van der Waals surface area contributed by atoms with Gasteiger partial charge in [-0.15, -0.1) is 0 Å². The molecule has 0 fully saturated rings. The van der Waals surface area contributed by atoms with Gasteiger partial charge in [0.2, 0.25) is 0 Å². The van der Waals surface area contributed by atoms with E-state index in [0.717, 1.165) is 5.69 Å². The van der Waals surface area contributed by atoms with E-state index in [1.165, 1.54) is 13.2 Å². The number of anilines is 1. The lowest BCUT2D eigenvalue weighted by Crippen LogP contribution is -2.00. The summed E-state index contributed by atoms with van der Waals surface area (Å²) in [6, 6.07) is 9.63. The molecule has 100 valence electrons. The summed E-state index contributed by atoms with van der Waals surface area (Å²) in [6.45, 7) is 0.300. The maximum Gasteiger partial charge on any atom is 0.165 e. The van der Waals surface area contributed by atoms with Gasteiger partial charge in [0.05, 0.1) is 12.1 Å². The zero-order chi connectivity index (χ0) is 13.8. The van der Waals surface area contributed by atoms with Crippen LogP contribution >= 0.6 is 11.6 Å². The lowest BCUT2D eigenvalue weighted by Gasteiger charge is -2.10. The largest absolute Gasteiger partial charge is 0.505 e. The summed E-state index contributed by atoms with van der Waals surface area (Å²) in [7, 11) is 1.53. The van der Waals surface area contributed by atoms with E-state index in [1.807, 2.05) is 0 Å². The lowest BCUT2D eigenvalue weighted by atomic mass is 10.2. The highest BCUT2D eigenvalue weighted by Gasteiger charge is 2.07. The lowest BCUT2D eigenvalue weighted by molar-refractivity contribution is 0.415. The number of ether oxygens (including phenoxy) is 1. The molecule has 2 aromatic carbocycles. The zero-order valence-electron chi connectivity index (χ0n) is 10.3. The summed E-state index contributed by atoms with van der Waals surface area (Å²) in [4.78, 5) is 0. The first-order valence-corrected chi connectivity index (χ1v) is 6.03. The number of nitrogens with one attached hydrogen (secondary N) is 1. The summed E-state index contributed by atoms with van der Waals surface area (Å²) in [5.74, 6) is -0.418. The molecule has 0 saturated heterocycles. The number of hydrogen-bond acceptors (Lipinski definition) is 3. The molecule has 0 radical (unpaired) electrons. The third kappa shape index (κ3) is 3.09. The number of para-hydroxylation sites is 1. The molecule has 0 saturated carbocycles. The number of methoxy groups -OCH3 is 1. The molecule has 5 heteroatoms. The van der Waals surface area contributed by atoms with Crippen molar-refractivity contribution in [1.82, 2.24) is 0 Å². The SMILES string of the molecule is COc1cc(NCc2cccc(F)c2O)ccc1Cl. The molecule has 3 nitrogen and oxygen atoms in total. The van der Waals surface area contributed by atoms with Gasteiger partial charge in [0, 0.05) is 23.9 Å². The van der Waals surface area contributed by atoms with Gasteiger partial charge in [-0.3, -0.25) is 0 Å². The van der Waals surface area contributed by atoms with Gasteiger partial charge >= 0.3 is 0 Å². The molecule has 2 aromatic rings. The van der Waals surface area contributed by atoms with Crippen LogP contribution in [0.2, 0.25) is 5.02 Å². The van der Waals surface area contributed by atoms with Gasteiger partial charge in [-0.1, -0.05) is 23.7 Å². The number of aromatic hydroxyl groups is 1. The van der Waals surface area contributed by atoms with Gasteiger partial charge in [-0.25, -0.2) is 4.39 Å². The van der Waals surface area contributed by atoms with E-state index in [-0.39, 0.29) is 5.75 Å². The predicted octanol–water partition coefficient (Wildman–Crippen LogP) is 3.81. The van der Waals surface area contributed by atoms with Crippen LogP contribution < -0.4 is 10.1 Å². The van der Waals surface area contributed by atoms with Crippen LogP contribution in [0.1, 0.15) is 5.56 Å². The molecule has 0 amide bonds. The molecule has 0 bridgehead atoms. The topological polar surface area (TPSA) is 41.5 Å². The van der Waals surface area contributed by atoms with E-state index in [9.17, 15) is 9.50 Å². The fourth-order valence-electron chi connectivity index (χ4n) is 1.67. The molecule has 0 aliphatic heterocycles. The van der Waals surface area contributed by atoms with Crippen molar-refractivity contribution in [3.8, 4) is 11.5 Å². The van der Waals surface area contributed by atoms with Crippen LogP contribution in [0, 0.1) is 5.82 Å². The second-order valence-electron chi connectivity index (χ2n) is 3.95. The normalized spacial score (nSPS) is 10.3. The number of halogens is 2. The van der Waals surface area contributed by atoms with Gasteiger partial charge in [0.25, 0.3) is 0 Å². The molecule has 0 aliphatic rings. The number of hydrogen-bond donors (Lipinski definition) is 2. The van der Waals surface area contributed by atoms with Crippen LogP contribution in [0.15, 0.2) is 36.4 Å². The number of phenolic OH excluding ortho intramolecular Hbond substituents is 1. The summed E-state index contributed by atoms with van der Waals surface area (Å²) >= 11 is 5.92. The van der Waals surface area contributed by atoms with Crippen molar-refractivity contribution in [3.63, 3.8) is 0 Å². The standard InChI is InChI=1S/C14H13ClFNO2/c1-19-13-7-10(5-6-11(13)15)17-8-9-3-2-4-12(16)14(9)18/h2-7,17-18H,8H2,1H3. The highest BCUT2D eigenvalue weighted by Crippen LogP contribution is 2.28. The average Bonchev–Trinajstić information content (AvgIpc) is 2.42. The van der Waals surface area contributed by atoms with Crippen molar-refractivity contribution in [3.05, 3.63) is 52.8 Å². The quantitative estimate of drug-likeness (QED) is 0.895. The summed E-state index contributed by atoms with van der Waals surface area (Å²) in [6.07, 6.45) is 0. The Hall–Kier alpha value is -1.94. The Labute approximate surface area is 115 Å². The van der Waals surface area contributed by atoms with Crippen LogP contribution in [0.4, 0.5) is 10.1 Å². The monoisotopic (exact) mass is 281 g/mol. The molecular weight excluding hydrogens is 269 g/mol. The molecule has 0 aromatic heterocycles. The van der Waals surface area contributed by atoms with Crippen LogP contribution in [-0.2, 0) is 6.54 Å². The minimum atomic E-state index is -0.631. The Kier molecular flexibility index (Phi) is 4.12. The molecular formula is C14H13ClFNO2. The Morgan fingerprint density at radius 2 is 2.11 bits per heavy atom. The van der Waals surface area contributed by atoms with Crippen molar-refractivity contribution < 1.29 is 14.2 Å². The summed E-state index contributed by atoms with van der Waals surface area (Å²) in [5.41, 5.74) is 1.25. The van der Waals surface area contributed by atoms with E-state index in [1.54, 1.807) is 30.3 Å². The molecule has 0 unspecified atom stereocenters. The molecule has 0 heterocycles. The maximum absolute atomic E-state index is 13.2. The molecule has 2 rings (SSSR count). The van der Waals surface area contributed by atoms with Crippen LogP contribution in [0.3, 0.4) is 0 Å². The predicted molar refractivity (Wildman–Crippen MR) is 73.4 cm³/mol. The number of benzene rings is 2. The van der Waals surface area contributed by atoms with Crippen LogP contribution in [0.25, 0.3) is 0 Å². The number of rotatable bonds is 4. The van der Waals surface area contributed by atoms with Gasteiger partial charge in [0.1, 0.15) is 5.75 Å². The third-order valence-corrected chi connectivity index (χ3v) is 3.02. The van der Waals surface area contributed by atoms with E-state index >= 15 is 0 Å². The highest BCUT2D eigenvalue weighted by atomic mass is 35.5. The minimum absolute atomic E-state index is 0.300. The van der Waals surface area contributed by atoms with Crippen LogP contribution in [0.5, 0.6) is 11.5 Å².